The fourth-order valence-corrected chi connectivity index (χ4v) is 2.95. The van der Waals surface area contributed by atoms with Gasteiger partial charge in [-0.1, -0.05) is 11.6 Å². The van der Waals surface area contributed by atoms with Crippen LogP contribution in [0.4, 0.5) is 14.5 Å². The SMILES string of the molecule is CN(C)S(=O)(=O)c1ccc(Cl)c(C(=O)Nc2ccc(F)c(F)c2)c1. The number of amides is 1. The molecule has 128 valence electrons. The summed E-state index contributed by atoms with van der Waals surface area (Å²) in [5.74, 6) is -2.92. The molecule has 0 bridgehead atoms. The third-order valence-electron chi connectivity index (χ3n) is 3.14. The second kappa shape index (κ2) is 6.84. The van der Waals surface area contributed by atoms with Gasteiger partial charge >= 0.3 is 0 Å². The molecular weight excluding hydrogens is 362 g/mol. The largest absolute Gasteiger partial charge is 0.322 e. The van der Waals surface area contributed by atoms with E-state index >= 15 is 0 Å². The van der Waals surface area contributed by atoms with Gasteiger partial charge < -0.3 is 5.32 Å². The Kier molecular flexibility index (Phi) is 5.22. The van der Waals surface area contributed by atoms with E-state index in [1.54, 1.807) is 0 Å². The first kappa shape index (κ1) is 18.3. The third-order valence-corrected chi connectivity index (χ3v) is 5.28. The quantitative estimate of drug-likeness (QED) is 0.894. The lowest BCUT2D eigenvalue weighted by molar-refractivity contribution is 0.102. The lowest BCUT2D eigenvalue weighted by atomic mass is 10.2. The van der Waals surface area contributed by atoms with Crippen LogP contribution in [0.5, 0.6) is 0 Å². The minimum Gasteiger partial charge on any atom is -0.322 e. The van der Waals surface area contributed by atoms with Crippen LogP contribution in [0, 0.1) is 11.6 Å². The van der Waals surface area contributed by atoms with E-state index in [-0.39, 0.29) is 21.2 Å². The van der Waals surface area contributed by atoms with Crippen LogP contribution in [-0.2, 0) is 10.0 Å². The van der Waals surface area contributed by atoms with Gasteiger partial charge in [0, 0.05) is 25.8 Å². The number of benzene rings is 2. The molecule has 0 aliphatic rings. The molecule has 5 nitrogen and oxygen atoms in total. The van der Waals surface area contributed by atoms with Crippen molar-refractivity contribution >= 4 is 33.2 Å². The molecule has 0 aliphatic carbocycles. The Morgan fingerprint density at radius 1 is 1.08 bits per heavy atom. The van der Waals surface area contributed by atoms with Crippen LogP contribution in [0.1, 0.15) is 10.4 Å². The summed E-state index contributed by atoms with van der Waals surface area (Å²) in [6, 6.07) is 6.50. The van der Waals surface area contributed by atoms with Crippen molar-refractivity contribution in [2.75, 3.05) is 19.4 Å². The van der Waals surface area contributed by atoms with Gasteiger partial charge in [0.05, 0.1) is 15.5 Å². The second-order valence-electron chi connectivity index (χ2n) is 5.01. The maximum absolute atomic E-state index is 13.2. The molecule has 1 N–H and O–H groups in total. The molecule has 0 fully saturated rings. The molecule has 24 heavy (non-hydrogen) atoms. The van der Waals surface area contributed by atoms with Crippen molar-refractivity contribution < 1.29 is 22.0 Å². The Bertz CT molecular complexity index is 902. The van der Waals surface area contributed by atoms with Gasteiger partial charge in [-0.25, -0.2) is 21.5 Å². The molecule has 2 aromatic carbocycles. The molecule has 0 radical (unpaired) electrons. The number of nitrogens with one attached hydrogen (secondary N) is 1. The number of carbonyl (C=O) groups excluding carboxylic acids is 1. The monoisotopic (exact) mass is 374 g/mol. The number of nitrogens with zero attached hydrogens (tertiary/aromatic N) is 1. The van der Waals surface area contributed by atoms with E-state index < -0.39 is 27.6 Å². The Balaban J connectivity index is 2.37. The van der Waals surface area contributed by atoms with E-state index in [4.69, 9.17) is 11.6 Å². The minimum atomic E-state index is -3.75. The molecule has 0 heterocycles. The van der Waals surface area contributed by atoms with Crippen LogP contribution in [0.15, 0.2) is 41.3 Å². The molecule has 0 spiro atoms. The van der Waals surface area contributed by atoms with E-state index in [9.17, 15) is 22.0 Å². The van der Waals surface area contributed by atoms with Crippen molar-refractivity contribution in [2.24, 2.45) is 0 Å². The van der Waals surface area contributed by atoms with Crippen LogP contribution in [0.2, 0.25) is 5.02 Å². The van der Waals surface area contributed by atoms with Crippen molar-refractivity contribution in [3.63, 3.8) is 0 Å². The van der Waals surface area contributed by atoms with Crippen molar-refractivity contribution in [3.05, 3.63) is 58.6 Å². The topological polar surface area (TPSA) is 66.5 Å². The molecule has 0 aromatic heterocycles. The highest BCUT2D eigenvalue weighted by Gasteiger charge is 2.21. The lowest BCUT2D eigenvalue weighted by Gasteiger charge is -2.13. The number of hydrogen-bond donors (Lipinski definition) is 1. The second-order valence-corrected chi connectivity index (χ2v) is 7.57. The standard InChI is InChI=1S/C15H13ClF2N2O3S/c1-20(2)24(22,23)10-4-5-12(16)11(8-10)15(21)19-9-3-6-13(17)14(18)7-9/h3-8H,1-2H3,(H,19,21). The van der Waals surface area contributed by atoms with Crippen molar-refractivity contribution in [1.82, 2.24) is 4.31 Å². The summed E-state index contributed by atoms with van der Waals surface area (Å²) in [7, 11) is -1.05. The van der Waals surface area contributed by atoms with Gasteiger partial charge in [0.1, 0.15) is 0 Å². The van der Waals surface area contributed by atoms with Gasteiger partial charge in [0.25, 0.3) is 5.91 Å². The van der Waals surface area contributed by atoms with Gasteiger partial charge in [-0.15, -0.1) is 0 Å². The minimum absolute atomic E-state index is 0.0100. The van der Waals surface area contributed by atoms with Crippen LogP contribution in [-0.4, -0.2) is 32.7 Å². The highest BCUT2D eigenvalue weighted by molar-refractivity contribution is 7.89. The first-order valence-corrected chi connectivity index (χ1v) is 8.43. The summed E-state index contributed by atoms with van der Waals surface area (Å²) < 4.78 is 51.3. The third kappa shape index (κ3) is 3.72. The molecule has 2 aromatic rings. The Morgan fingerprint density at radius 3 is 2.33 bits per heavy atom. The average molecular weight is 375 g/mol. The predicted octanol–water partition coefficient (Wildman–Crippen LogP) is 3.12. The predicted molar refractivity (Wildman–Crippen MR) is 86.6 cm³/mol. The van der Waals surface area contributed by atoms with Crippen molar-refractivity contribution in [3.8, 4) is 0 Å². The number of halogens is 3. The van der Waals surface area contributed by atoms with Gasteiger partial charge in [-0.2, -0.15) is 0 Å². The van der Waals surface area contributed by atoms with Gasteiger partial charge in [-0.05, 0) is 30.3 Å². The normalized spacial score (nSPS) is 11.6. The lowest BCUT2D eigenvalue weighted by Crippen LogP contribution is -2.23. The van der Waals surface area contributed by atoms with Gasteiger partial charge in [-0.3, -0.25) is 4.79 Å². The van der Waals surface area contributed by atoms with Crippen LogP contribution in [0.3, 0.4) is 0 Å². The zero-order valence-corrected chi connectivity index (χ0v) is 14.3. The summed E-state index contributed by atoms with van der Waals surface area (Å²) in [5.41, 5.74) is -0.0971. The summed E-state index contributed by atoms with van der Waals surface area (Å²) in [6.45, 7) is 0. The smallest absolute Gasteiger partial charge is 0.257 e. The summed E-state index contributed by atoms with van der Waals surface area (Å²) in [4.78, 5) is 12.1. The Morgan fingerprint density at radius 2 is 1.75 bits per heavy atom. The Labute approximate surface area is 142 Å². The van der Waals surface area contributed by atoms with E-state index in [2.05, 4.69) is 5.32 Å². The molecule has 0 atom stereocenters. The molecular formula is C15H13ClF2N2O3S. The van der Waals surface area contributed by atoms with Gasteiger partial charge in [0.2, 0.25) is 10.0 Å². The number of carbonyl (C=O) groups is 1. The Hall–Kier alpha value is -2.03. The fourth-order valence-electron chi connectivity index (χ4n) is 1.82. The van der Waals surface area contributed by atoms with E-state index in [1.807, 2.05) is 0 Å². The maximum Gasteiger partial charge on any atom is 0.257 e. The first-order chi connectivity index (χ1) is 11.1. The van der Waals surface area contributed by atoms with E-state index in [0.29, 0.717) is 0 Å². The van der Waals surface area contributed by atoms with Crippen molar-refractivity contribution in [1.29, 1.82) is 0 Å². The van der Waals surface area contributed by atoms with Crippen LogP contribution >= 0.6 is 11.6 Å². The average Bonchev–Trinajstić information content (AvgIpc) is 2.51. The molecule has 0 saturated carbocycles. The van der Waals surface area contributed by atoms with E-state index in [0.717, 1.165) is 22.5 Å². The highest BCUT2D eigenvalue weighted by atomic mass is 35.5. The van der Waals surface area contributed by atoms with Crippen LogP contribution < -0.4 is 5.32 Å². The first-order valence-electron chi connectivity index (χ1n) is 6.61. The molecule has 0 saturated heterocycles. The summed E-state index contributed by atoms with van der Waals surface area (Å²) in [5, 5.41) is 2.36. The molecule has 0 unspecified atom stereocenters. The number of anilines is 1. The highest BCUT2D eigenvalue weighted by Crippen LogP contribution is 2.23. The molecule has 0 aliphatic heterocycles. The zero-order chi connectivity index (χ0) is 18.1. The van der Waals surface area contributed by atoms with Crippen molar-refractivity contribution in [2.45, 2.75) is 4.90 Å². The summed E-state index contributed by atoms with van der Waals surface area (Å²) in [6.07, 6.45) is 0. The van der Waals surface area contributed by atoms with Gasteiger partial charge in [0.15, 0.2) is 11.6 Å². The number of rotatable bonds is 4. The van der Waals surface area contributed by atoms with Crippen LogP contribution in [0.25, 0.3) is 0 Å². The molecule has 1 amide bonds. The number of sulfonamides is 1. The molecule has 2 rings (SSSR count). The maximum atomic E-state index is 13.2. The summed E-state index contributed by atoms with van der Waals surface area (Å²) >= 11 is 5.94. The zero-order valence-electron chi connectivity index (χ0n) is 12.7. The fraction of sp³-hybridized carbons (Fsp3) is 0.133. The van der Waals surface area contributed by atoms with E-state index in [1.165, 1.54) is 32.3 Å². The number of hydrogen-bond acceptors (Lipinski definition) is 3. The molecule has 9 heteroatoms.